The van der Waals surface area contributed by atoms with Crippen LogP contribution in [0.15, 0.2) is 12.4 Å². The third-order valence-corrected chi connectivity index (χ3v) is 12.2. The summed E-state index contributed by atoms with van der Waals surface area (Å²) in [6, 6.07) is 0. The predicted octanol–water partition coefficient (Wildman–Crippen LogP) is 13.9. The van der Waals surface area contributed by atoms with Gasteiger partial charge in [0.15, 0.2) is 0 Å². The summed E-state index contributed by atoms with van der Waals surface area (Å²) in [4.78, 5) is 33.2. The summed E-state index contributed by atoms with van der Waals surface area (Å²) in [6.07, 6.45) is 39.3. The summed E-state index contributed by atoms with van der Waals surface area (Å²) in [5.41, 5.74) is 0. The van der Waals surface area contributed by atoms with Crippen molar-refractivity contribution in [1.82, 2.24) is 14.5 Å². The van der Waals surface area contributed by atoms with Crippen LogP contribution in [-0.4, -0.2) is 63.9 Å². The van der Waals surface area contributed by atoms with Crippen LogP contribution in [0.25, 0.3) is 0 Å². The van der Waals surface area contributed by atoms with Gasteiger partial charge in [-0.1, -0.05) is 176 Å². The van der Waals surface area contributed by atoms with Gasteiger partial charge in [-0.05, 0) is 70.8 Å². The van der Waals surface area contributed by atoms with Gasteiger partial charge in [-0.25, -0.2) is 4.98 Å². The first kappa shape index (κ1) is 55.1. The summed E-state index contributed by atoms with van der Waals surface area (Å²) in [5.74, 6) is 1.16. The minimum Gasteiger partial charge on any atom is -0.465 e. The zero-order chi connectivity index (χ0) is 43.0. The van der Waals surface area contributed by atoms with E-state index in [4.69, 9.17) is 9.47 Å². The van der Waals surface area contributed by atoms with Gasteiger partial charge in [0.1, 0.15) is 5.82 Å². The second-order valence-electron chi connectivity index (χ2n) is 17.9. The number of rotatable bonds is 44. The van der Waals surface area contributed by atoms with Crippen molar-refractivity contribution in [3.8, 4) is 0 Å². The van der Waals surface area contributed by atoms with E-state index in [1.807, 2.05) is 6.20 Å². The number of esters is 2. The molecule has 8 nitrogen and oxygen atoms in total. The minimum absolute atomic E-state index is 0.00646. The molecule has 1 aromatic heterocycles. The summed E-state index contributed by atoms with van der Waals surface area (Å²) in [7, 11) is 0. The van der Waals surface area contributed by atoms with Crippen molar-refractivity contribution in [2.24, 2.45) is 11.8 Å². The van der Waals surface area contributed by atoms with Crippen LogP contribution in [-0.2, 0) is 32.2 Å². The normalized spacial score (nSPS) is 13.2. The smallest absolute Gasteiger partial charge is 0.308 e. The molecule has 0 aliphatic heterocycles. The molecule has 59 heavy (non-hydrogen) atoms. The SMILES string of the molecule is CCCCCCCCC(CCCCCC)C(=O)OCCCCCCN(Cc1nccn1CCC)CC(O)CCCCOC(=O)C(CCCCCC)CCCCCCCC. The zero-order valence-electron chi connectivity index (χ0n) is 39.7. The molecule has 0 aliphatic rings. The molecule has 0 amide bonds. The van der Waals surface area contributed by atoms with Gasteiger partial charge in [0, 0.05) is 25.5 Å². The lowest BCUT2D eigenvalue weighted by Gasteiger charge is -2.25. The molecule has 0 saturated heterocycles. The van der Waals surface area contributed by atoms with E-state index in [0.29, 0.717) is 26.2 Å². The van der Waals surface area contributed by atoms with E-state index >= 15 is 0 Å². The second kappa shape index (κ2) is 40.2. The van der Waals surface area contributed by atoms with Gasteiger partial charge in [-0.15, -0.1) is 0 Å². The number of hydrogen-bond donors (Lipinski definition) is 1. The molecular weight excluding hydrogens is 735 g/mol. The van der Waals surface area contributed by atoms with E-state index in [2.05, 4.69) is 55.3 Å². The third kappa shape index (κ3) is 30.7. The van der Waals surface area contributed by atoms with E-state index < -0.39 is 6.10 Å². The molecule has 0 saturated carbocycles. The van der Waals surface area contributed by atoms with Gasteiger partial charge in [0.25, 0.3) is 0 Å². The van der Waals surface area contributed by atoms with Crippen LogP contribution in [0.2, 0.25) is 0 Å². The third-order valence-electron chi connectivity index (χ3n) is 12.2. The van der Waals surface area contributed by atoms with Crippen LogP contribution in [0.4, 0.5) is 0 Å². The molecule has 0 fully saturated rings. The van der Waals surface area contributed by atoms with Crippen molar-refractivity contribution < 1.29 is 24.2 Å². The Labute approximate surface area is 365 Å². The zero-order valence-corrected chi connectivity index (χ0v) is 39.7. The maximum Gasteiger partial charge on any atom is 0.308 e. The highest BCUT2D eigenvalue weighted by Crippen LogP contribution is 2.22. The van der Waals surface area contributed by atoms with Crippen LogP contribution in [0.3, 0.4) is 0 Å². The molecule has 1 heterocycles. The molecule has 0 spiro atoms. The highest BCUT2D eigenvalue weighted by molar-refractivity contribution is 5.72. The summed E-state index contributed by atoms with van der Waals surface area (Å²) >= 11 is 0. The summed E-state index contributed by atoms with van der Waals surface area (Å²) in [5, 5.41) is 11.2. The van der Waals surface area contributed by atoms with Crippen LogP contribution in [0.5, 0.6) is 0 Å². The molecule has 0 aliphatic carbocycles. The van der Waals surface area contributed by atoms with Gasteiger partial charge in [-0.2, -0.15) is 0 Å². The molecule has 3 unspecified atom stereocenters. The molecule has 1 aromatic rings. The Balaban J connectivity index is 2.53. The van der Waals surface area contributed by atoms with Gasteiger partial charge >= 0.3 is 11.9 Å². The van der Waals surface area contributed by atoms with Gasteiger partial charge in [0.2, 0.25) is 0 Å². The van der Waals surface area contributed by atoms with Crippen molar-refractivity contribution in [3.05, 3.63) is 18.2 Å². The number of aryl methyl sites for hydroxylation is 1. The monoisotopic (exact) mass is 832 g/mol. The topological polar surface area (TPSA) is 93.9 Å². The predicted molar refractivity (Wildman–Crippen MR) is 249 cm³/mol. The number of aromatic nitrogens is 2. The summed E-state index contributed by atoms with van der Waals surface area (Å²) in [6.45, 7) is 15.3. The molecule has 8 heteroatoms. The largest absolute Gasteiger partial charge is 0.465 e. The first-order valence-electron chi connectivity index (χ1n) is 25.6. The van der Waals surface area contributed by atoms with Crippen LogP contribution in [0.1, 0.15) is 246 Å². The lowest BCUT2D eigenvalue weighted by molar-refractivity contribution is -0.150. The number of ether oxygens (including phenoxy) is 2. The molecule has 1 N–H and O–H groups in total. The Morgan fingerprint density at radius 2 is 0.966 bits per heavy atom. The van der Waals surface area contributed by atoms with E-state index in [9.17, 15) is 14.7 Å². The first-order chi connectivity index (χ1) is 28.9. The number of aliphatic hydroxyl groups excluding tert-OH is 1. The number of imidazole rings is 1. The first-order valence-corrected chi connectivity index (χ1v) is 25.6. The molecule has 0 aromatic carbocycles. The van der Waals surface area contributed by atoms with E-state index in [-0.39, 0.29) is 23.8 Å². The molecule has 0 bridgehead atoms. The maximum atomic E-state index is 13.1. The molecule has 0 radical (unpaired) electrons. The van der Waals surface area contributed by atoms with Gasteiger partial charge in [0.05, 0.1) is 37.7 Å². The Morgan fingerprint density at radius 1 is 0.559 bits per heavy atom. The number of carbonyl (C=O) groups is 2. The Morgan fingerprint density at radius 3 is 1.46 bits per heavy atom. The average Bonchev–Trinajstić information content (AvgIpc) is 3.67. The fraction of sp³-hybridized carbons (Fsp3) is 0.902. The van der Waals surface area contributed by atoms with Crippen LogP contribution >= 0.6 is 0 Å². The fourth-order valence-electron chi connectivity index (χ4n) is 8.35. The lowest BCUT2D eigenvalue weighted by Crippen LogP contribution is -2.34. The highest BCUT2D eigenvalue weighted by atomic mass is 16.5. The quantitative estimate of drug-likeness (QED) is 0.0517. The maximum absolute atomic E-state index is 13.1. The Kier molecular flexibility index (Phi) is 37.5. The Hall–Kier alpha value is -1.93. The minimum atomic E-state index is -0.440. The van der Waals surface area contributed by atoms with Crippen molar-refractivity contribution in [2.75, 3.05) is 26.3 Å². The standard InChI is InChI=1S/C51H97N3O5/c1-6-11-15-19-21-27-35-46(33-25-17-13-8-3)50(56)58-42-31-24-23-30-40-53(45-49-52-38-41-54(49)39-10-5)44-48(55)37-29-32-43-59-51(57)47(34-26-18-14-9-4)36-28-22-20-16-12-7-2/h38,41,46-48,55H,6-37,39-40,42-45H2,1-5H3. The number of nitrogens with zero attached hydrogens (tertiary/aromatic N) is 3. The number of unbranched alkanes of at least 4 members (excludes halogenated alkanes) is 20. The van der Waals surface area contributed by atoms with E-state index in [1.165, 1.54) is 103 Å². The van der Waals surface area contributed by atoms with Crippen molar-refractivity contribution in [1.29, 1.82) is 0 Å². The summed E-state index contributed by atoms with van der Waals surface area (Å²) < 4.78 is 13.9. The number of carbonyl (C=O) groups excluding carboxylic acids is 2. The molecule has 3 atom stereocenters. The lowest BCUT2D eigenvalue weighted by atomic mass is 9.94. The van der Waals surface area contributed by atoms with Gasteiger partial charge < -0.3 is 19.1 Å². The van der Waals surface area contributed by atoms with Crippen molar-refractivity contribution in [2.45, 2.75) is 259 Å². The van der Waals surface area contributed by atoms with E-state index in [0.717, 1.165) is 122 Å². The van der Waals surface area contributed by atoms with Crippen LogP contribution in [0, 0.1) is 11.8 Å². The fourth-order valence-corrected chi connectivity index (χ4v) is 8.35. The molecule has 346 valence electrons. The number of aliphatic hydroxyl groups is 1. The Bertz CT molecular complexity index is 1080. The van der Waals surface area contributed by atoms with E-state index in [1.54, 1.807) is 0 Å². The van der Waals surface area contributed by atoms with Crippen LogP contribution < -0.4 is 0 Å². The molecular formula is C51H97N3O5. The second-order valence-corrected chi connectivity index (χ2v) is 17.9. The van der Waals surface area contributed by atoms with Gasteiger partial charge in [-0.3, -0.25) is 14.5 Å². The molecule has 1 rings (SSSR count). The van der Waals surface area contributed by atoms with Crippen molar-refractivity contribution >= 4 is 11.9 Å². The average molecular weight is 832 g/mol. The highest BCUT2D eigenvalue weighted by Gasteiger charge is 2.21. The number of hydrogen-bond acceptors (Lipinski definition) is 7. The van der Waals surface area contributed by atoms with Crippen molar-refractivity contribution in [3.63, 3.8) is 0 Å².